The van der Waals surface area contributed by atoms with Gasteiger partial charge < -0.3 is 0 Å². The highest BCUT2D eigenvalue weighted by atomic mass is 35.5. The van der Waals surface area contributed by atoms with E-state index in [1.807, 2.05) is 0 Å². The largest absolute Gasteiger partial charge is 0.294 e. The number of alkyl halides is 4. The topological polar surface area (TPSA) is 34.1 Å². The maximum absolute atomic E-state index is 12.1. The van der Waals surface area contributed by atoms with E-state index in [0.29, 0.717) is 0 Å². The molecule has 0 unspecified atom stereocenters. The molecule has 1 fully saturated rings. The fourth-order valence-corrected chi connectivity index (χ4v) is 6.03. The van der Waals surface area contributed by atoms with Crippen LogP contribution in [0.3, 0.4) is 0 Å². The molecule has 0 heterocycles. The maximum Gasteiger partial charge on any atom is 0.167 e. The van der Waals surface area contributed by atoms with Crippen LogP contribution in [0.15, 0.2) is 22.2 Å². The van der Waals surface area contributed by atoms with Gasteiger partial charge in [-0.1, -0.05) is 46.4 Å². The van der Waals surface area contributed by atoms with E-state index in [4.69, 9.17) is 69.6 Å². The molecule has 0 spiro atoms. The second kappa shape index (κ2) is 3.85. The summed E-state index contributed by atoms with van der Waals surface area (Å²) in [5, 5.41) is -0.151. The van der Waals surface area contributed by atoms with Crippen molar-refractivity contribution in [1.82, 2.24) is 0 Å². The average Bonchev–Trinajstić information content (AvgIpc) is 2.55. The molecular formula is C11H4Cl6O2. The number of fused-ring (bicyclic) bond motifs is 5. The molecule has 0 amide bonds. The summed E-state index contributed by atoms with van der Waals surface area (Å²) < 4.78 is -1.86. The molecule has 0 N–H and O–H groups in total. The van der Waals surface area contributed by atoms with E-state index in [1.165, 1.54) is 0 Å². The number of ketones is 2. The van der Waals surface area contributed by atoms with Crippen molar-refractivity contribution in [2.24, 2.45) is 11.8 Å². The third-order valence-corrected chi connectivity index (χ3v) is 8.22. The van der Waals surface area contributed by atoms with Crippen molar-refractivity contribution in [1.29, 1.82) is 0 Å². The maximum atomic E-state index is 12.1. The van der Waals surface area contributed by atoms with Crippen LogP contribution >= 0.6 is 69.6 Å². The zero-order valence-corrected chi connectivity index (χ0v) is 13.4. The second-order valence-electron chi connectivity index (χ2n) is 4.72. The molecular weight excluding hydrogens is 377 g/mol. The van der Waals surface area contributed by atoms with E-state index in [2.05, 4.69) is 0 Å². The lowest BCUT2D eigenvalue weighted by molar-refractivity contribution is -0.128. The number of rotatable bonds is 0. The van der Waals surface area contributed by atoms with Crippen LogP contribution in [-0.4, -0.2) is 25.6 Å². The Balaban J connectivity index is 2.38. The smallest absolute Gasteiger partial charge is 0.167 e. The van der Waals surface area contributed by atoms with Crippen LogP contribution < -0.4 is 0 Å². The zero-order valence-electron chi connectivity index (χ0n) is 8.89. The van der Waals surface area contributed by atoms with Crippen molar-refractivity contribution in [3.63, 3.8) is 0 Å². The van der Waals surface area contributed by atoms with E-state index in [-0.39, 0.29) is 10.1 Å². The summed E-state index contributed by atoms with van der Waals surface area (Å²) in [5.74, 6) is -2.83. The van der Waals surface area contributed by atoms with Gasteiger partial charge in [0.25, 0.3) is 0 Å². The van der Waals surface area contributed by atoms with Gasteiger partial charge in [-0.3, -0.25) is 9.59 Å². The molecule has 19 heavy (non-hydrogen) atoms. The number of allylic oxidation sites excluding steroid dienone is 4. The molecule has 0 aromatic rings. The predicted molar refractivity (Wildman–Crippen MR) is 76.5 cm³/mol. The Bertz CT molecular complexity index is 546. The third kappa shape index (κ3) is 1.26. The Morgan fingerprint density at radius 1 is 0.789 bits per heavy atom. The van der Waals surface area contributed by atoms with E-state index in [9.17, 15) is 9.59 Å². The molecule has 8 heteroatoms. The zero-order chi connectivity index (χ0) is 14.4. The van der Waals surface area contributed by atoms with E-state index in [0.717, 1.165) is 12.2 Å². The van der Waals surface area contributed by atoms with Crippen molar-refractivity contribution in [3.05, 3.63) is 22.2 Å². The highest BCUT2D eigenvalue weighted by Gasteiger charge is 2.84. The first kappa shape index (κ1) is 14.5. The Morgan fingerprint density at radius 3 is 1.42 bits per heavy atom. The van der Waals surface area contributed by atoms with Gasteiger partial charge in [0, 0.05) is 0 Å². The Kier molecular flexibility index (Phi) is 2.94. The van der Waals surface area contributed by atoms with Crippen LogP contribution in [0.25, 0.3) is 0 Å². The van der Waals surface area contributed by atoms with E-state index in [1.54, 1.807) is 0 Å². The number of hydrogen-bond acceptors (Lipinski definition) is 2. The number of carbonyl (C=O) groups is 2. The molecule has 0 aliphatic heterocycles. The van der Waals surface area contributed by atoms with Gasteiger partial charge in [0.15, 0.2) is 15.9 Å². The van der Waals surface area contributed by atoms with Crippen LogP contribution in [0.1, 0.15) is 0 Å². The van der Waals surface area contributed by atoms with E-state index < -0.39 is 37.5 Å². The standard InChI is InChI=1S/C11H4Cl6O2/c12-7-8(13)10(15)6-4(19)2-1-3(18)5(6)9(7,14)11(10,16)17/h1-2,5-6H/t5-,6-,9-,10-/m1/s1. The molecule has 1 saturated carbocycles. The number of hydrogen-bond donors (Lipinski definition) is 0. The molecule has 0 saturated heterocycles. The summed E-state index contributed by atoms with van der Waals surface area (Å²) in [5.41, 5.74) is 0. The van der Waals surface area contributed by atoms with Crippen LogP contribution in [0.5, 0.6) is 0 Å². The fourth-order valence-electron chi connectivity index (χ4n) is 3.07. The average molecular weight is 381 g/mol. The molecule has 0 radical (unpaired) electrons. The first-order valence-electron chi connectivity index (χ1n) is 5.19. The Morgan fingerprint density at radius 2 is 1.11 bits per heavy atom. The molecule has 3 aliphatic rings. The summed E-state index contributed by atoms with van der Waals surface area (Å²) in [6.07, 6.45) is 2.27. The van der Waals surface area contributed by atoms with Crippen LogP contribution in [0, 0.1) is 11.8 Å². The number of halogens is 6. The normalized spacial score (nSPS) is 47.1. The van der Waals surface area contributed by atoms with Crippen molar-refractivity contribution in [2.45, 2.75) is 14.1 Å². The molecule has 3 rings (SSSR count). The van der Waals surface area contributed by atoms with Gasteiger partial charge in [-0.2, -0.15) is 0 Å². The van der Waals surface area contributed by atoms with Gasteiger partial charge in [0.2, 0.25) is 0 Å². The van der Waals surface area contributed by atoms with Gasteiger partial charge >= 0.3 is 0 Å². The minimum Gasteiger partial charge on any atom is -0.294 e. The summed E-state index contributed by atoms with van der Waals surface area (Å²) in [6, 6.07) is 0. The van der Waals surface area contributed by atoms with Crippen LogP contribution in [0.2, 0.25) is 0 Å². The SMILES string of the molecule is O=C1C=CC(=O)[C@@H]2[C@@H]1[C@@]1(Cl)C(Cl)=C(Cl)[C@@]2(Cl)C1(Cl)Cl. The Labute approximate surface area is 138 Å². The van der Waals surface area contributed by atoms with Crippen LogP contribution in [-0.2, 0) is 9.59 Å². The lowest BCUT2D eigenvalue weighted by Gasteiger charge is -2.35. The molecule has 102 valence electrons. The minimum atomic E-state index is -1.86. The molecule has 0 aromatic heterocycles. The van der Waals surface area contributed by atoms with Crippen molar-refractivity contribution < 1.29 is 9.59 Å². The van der Waals surface area contributed by atoms with Gasteiger partial charge in [-0.05, 0) is 12.2 Å². The summed E-state index contributed by atoms with van der Waals surface area (Å²) in [7, 11) is 0. The molecule has 2 nitrogen and oxygen atoms in total. The predicted octanol–water partition coefficient (Wildman–Crippen LogP) is 3.77. The van der Waals surface area contributed by atoms with Gasteiger partial charge in [0.1, 0.15) is 9.75 Å². The highest BCUT2D eigenvalue weighted by Crippen LogP contribution is 2.76. The van der Waals surface area contributed by atoms with Crippen molar-refractivity contribution in [2.75, 3.05) is 0 Å². The molecule has 4 atom stereocenters. The lowest BCUT2D eigenvalue weighted by atomic mass is 9.74. The summed E-state index contributed by atoms with van der Waals surface area (Å²) >= 11 is 37.6. The summed E-state index contributed by atoms with van der Waals surface area (Å²) in [4.78, 5) is 20.8. The van der Waals surface area contributed by atoms with Gasteiger partial charge in [-0.25, -0.2) is 0 Å². The summed E-state index contributed by atoms with van der Waals surface area (Å²) in [6.45, 7) is 0. The van der Waals surface area contributed by atoms with Crippen molar-refractivity contribution in [3.8, 4) is 0 Å². The Hall–Kier alpha value is 0.560. The number of carbonyl (C=O) groups excluding carboxylic acids is 2. The van der Waals surface area contributed by atoms with Gasteiger partial charge in [0.05, 0.1) is 21.9 Å². The second-order valence-corrected chi connectivity index (χ2v) is 7.99. The monoisotopic (exact) mass is 378 g/mol. The minimum absolute atomic E-state index is 0.0754. The highest BCUT2D eigenvalue weighted by molar-refractivity contribution is 6.66. The fraction of sp³-hybridized carbons (Fsp3) is 0.455. The van der Waals surface area contributed by atoms with Gasteiger partial charge in [-0.15, -0.1) is 23.2 Å². The van der Waals surface area contributed by atoms with E-state index >= 15 is 0 Å². The molecule has 2 bridgehead atoms. The lowest BCUT2D eigenvalue weighted by Crippen LogP contribution is -2.46. The quantitative estimate of drug-likeness (QED) is 0.599. The van der Waals surface area contributed by atoms with Crippen LogP contribution in [0.4, 0.5) is 0 Å². The molecule has 0 aromatic carbocycles. The first-order valence-corrected chi connectivity index (χ1v) is 7.46. The third-order valence-electron chi connectivity index (χ3n) is 3.96. The molecule has 3 aliphatic carbocycles. The van der Waals surface area contributed by atoms with Crippen molar-refractivity contribution >= 4 is 81.2 Å². The first-order chi connectivity index (χ1) is 8.61.